The summed E-state index contributed by atoms with van der Waals surface area (Å²) in [5, 5.41) is 7.86. The average Bonchev–Trinajstić information content (AvgIpc) is 2.79. The van der Waals surface area contributed by atoms with Gasteiger partial charge in [0.25, 0.3) is 0 Å². The van der Waals surface area contributed by atoms with Gasteiger partial charge in [0.05, 0.1) is 11.2 Å². The van der Waals surface area contributed by atoms with E-state index in [9.17, 15) is 9.18 Å². The van der Waals surface area contributed by atoms with Gasteiger partial charge in [0, 0.05) is 23.6 Å². The van der Waals surface area contributed by atoms with Crippen LogP contribution in [0.3, 0.4) is 0 Å². The maximum Gasteiger partial charge on any atom is 0.160 e. The third kappa shape index (κ3) is 4.70. The number of para-hydroxylation sites is 1. The van der Waals surface area contributed by atoms with Crippen LogP contribution >= 0.6 is 0 Å². The Balaban J connectivity index is 0.00000132. The lowest BCUT2D eigenvalue weighted by molar-refractivity contribution is 0.101. The van der Waals surface area contributed by atoms with Crippen molar-refractivity contribution in [3.63, 3.8) is 0 Å². The molecule has 3 aromatic carbocycles. The van der Waals surface area contributed by atoms with Crippen LogP contribution in [0.2, 0.25) is 0 Å². The number of pyridine rings is 1. The van der Waals surface area contributed by atoms with E-state index in [0.29, 0.717) is 11.1 Å². The van der Waals surface area contributed by atoms with Gasteiger partial charge in [-0.05, 0) is 49.6 Å². The minimum Gasteiger partial charge on any atom is -0.400 e. The van der Waals surface area contributed by atoms with Crippen molar-refractivity contribution in [2.75, 3.05) is 7.11 Å². The molecule has 0 amide bonds. The zero-order valence-electron chi connectivity index (χ0n) is 18.2. The van der Waals surface area contributed by atoms with Gasteiger partial charge in [-0.25, -0.2) is 9.37 Å². The molecule has 4 rings (SSSR count). The molecule has 0 aliphatic heterocycles. The van der Waals surface area contributed by atoms with Crippen LogP contribution in [0.5, 0.6) is 0 Å². The quantitative estimate of drug-likeness (QED) is 0.383. The van der Waals surface area contributed by atoms with Crippen molar-refractivity contribution in [3.8, 4) is 22.4 Å². The van der Waals surface area contributed by atoms with Crippen LogP contribution in [0, 0.1) is 0 Å². The molecule has 0 bridgehead atoms. The van der Waals surface area contributed by atoms with E-state index in [-0.39, 0.29) is 5.78 Å². The Labute approximate surface area is 182 Å². The molecule has 0 saturated carbocycles. The molecule has 1 aromatic heterocycles. The molecule has 0 aliphatic carbocycles. The van der Waals surface area contributed by atoms with Crippen molar-refractivity contribution in [1.82, 2.24) is 4.98 Å². The van der Waals surface area contributed by atoms with Gasteiger partial charge in [0.15, 0.2) is 5.78 Å². The zero-order valence-corrected chi connectivity index (χ0v) is 18.2. The molecule has 31 heavy (non-hydrogen) atoms. The van der Waals surface area contributed by atoms with Crippen molar-refractivity contribution in [2.24, 2.45) is 0 Å². The number of Topliss-reactive ketones (excluding diaryl/α,β-unsaturated/α-hetero) is 1. The molecule has 158 valence electrons. The number of ketones is 1. The van der Waals surface area contributed by atoms with Crippen LogP contribution in [-0.4, -0.2) is 23.0 Å². The number of carbonyl (C=O) groups excluding carboxylic acids is 1. The second kappa shape index (κ2) is 9.19. The molecule has 0 spiro atoms. The molecule has 0 saturated heterocycles. The smallest absolute Gasteiger partial charge is 0.160 e. The number of aliphatic hydroxyl groups is 1. The van der Waals surface area contributed by atoms with Crippen LogP contribution in [0.25, 0.3) is 33.3 Å². The number of halogens is 1. The lowest BCUT2D eigenvalue weighted by atomic mass is 9.90. The van der Waals surface area contributed by atoms with E-state index in [1.807, 2.05) is 78.9 Å². The summed E-state index contributed by atoms with van der Waals surface area (Å²) in [6.45, 7) is 4.72. The molecular weight excluding hydrogens is 389 g/mol. The van der Waals surface area contributed by atoms with Gasteiger partial charge in [0.2, 0.25) is 0 Å². The number of hydrogen-bond donors (Lipinski definition) is 1. The molecule has 0 unspecified atom stereocenters. The number of benzene rings is 3. The van der Waals surface area contributed by atoms with E-state index < -0.39 is 5.67 Å². The average molecular weight is 416 g/mol. The molecule has 0 fully saturated rings. The van der Waals surface area contributed by atoms with Gasteiger partial charge in [-0.15, -0.1) is 0 Å². The van der Waals surface area contributed by atoms with Crippen LogP contribution < -0.4 is 0 Å². The number of fused-ring (bicyclic) bond motifs is 1. The molecule has 0 atom stereocenters. The van der Waals surface area contributed by atoms with Gasteiger partial charge in [0.1, 0.15) is 5.67 Å². The summed E-state index contributed by atoms with van der Waals surface area (Å²) in [6, 6.07) is 24.9. The number of hydrogen-bond acceptors (Lipinski definition) is 3. The molecule has 3 nitrogen and oxygen atoms in total. The lowest BCUT2D eigenvalue weighted by Crippen LogP contribution is -2.10. The first-order valence-electron chi connectivity index (χ1n) is 10.1. The monoisotopic (exact) mass is 415 g/mol. The third-order valence-corrected chi connectivity index (χ3v) is 5.15. The maximum atomic E-state index is 14.6. The number of aliphatic hydroxyl groups excluding tert-OH is 1. The number of alkyl halides is 1. The Morgan fingerprint density at radius 1 is 0.871 bits per heavy atom. The zero-order chi connectivity index (χ0) is 22.6. The van der Waals surface area contributed by atoms with Crippen LogP contribution in [-0.2, 0) is 5.67 Å². The highest BCUT2D eigenvalue weighted by Crippen LogP contribution is 2.35. The Kier molecular flexibility index (Phi) is 6.62. The predicted octanol–water partition coefficient (Wildman–Crippen LogP) is 6.58. The normalized spacial score (nSPS) is 11.0. The highest BCUT2D eigenvalue weighted by Gasteiger charge is 2.22. The number of rotatable bonds is 4. The summed E-state index contributed by atoms with van der Waals surface area (Å²) in [5.74, 6) is 0.0144. The topological polar surface area (TPSA) is 50.2 Å². The Hall–Kier alpha value is -3.37. The molecule has 1 heterocycles. The SMILES string of the molecule is CC(=O)c1cc(-c2ccc(-c3ccccc3C(C)(C)F)cc2)nc2ccccc12.CO. The van der Waals surface area contributed by atoms with Gasteiger partial charge in [-0.3, -0.25) is 4.79 Å². The van der Waals surface area contributed by atoms with E-state index in [4.69, 9.17) is 10.1 Å². The van der Waals surface area contributed by atoms with Crippen molar-refractivity contribution in [1.29, 1.82) is 0 Å². The molecule has 1 N–H and O–H groups in total. The summed E-state index contributed by atoms with van der Waals surface area (Å²) < 4.78 is 14.6. The van der Waals surface area contributed by atoms with Gasteiger partial charge in [-0.1, -0.05) is 66.7 Å². The van der Waals surface area contributed by atoms with Gasteiger partial charge in [-0.2, -0.15) is 0 Å². The second-order valence-electron chi connectivity index (χ2n) is 7.72. The van der Waals surface area contributed by atoms with E-state index in [1.54, 1.807) is 20.8 Å². The van der Waals surface area contributed by atoms with Crippen LogP contribution in [0.1, 0.15) is 36.7 Å². The second-order valence-corrected chi connectivity index (χ2v) is 7.72. The van der Waals surface area contributed by atoms with E-state index in [1.165, 1.54) is 0 Å². The van der Waals surface area contributed by atoms with Crippen LogP contribution in [0.15, 0.2) is 78.9 Å². The van der Waals surface area contributed by atoms with E-state index in [2.05, 4.69) is 0 Å². The highest BCUT2D eigenvalue weighted by atomic mass is 19.1. The number of aromatic nitrogens is 1. The largest absolute Gasteiger partial charge is 0.400 e. The standard InChI is InChI=1S/C26H22FNO.CH4O/c1-17(29)22-16-25(28-24-11-7-5-9-21(22)24)19-14-12-18(13-15-19)20-8-4-6-10-23(20)26(2,3)27;1-2/h4-16H,1-3H3;2H,1H3. The lowest BCUT2D eigenvalue weighted by Gasteiger charge is -2.19. The molecule has 4 aromatic rings. The number of nitrogens with zero attached hydrogens (tertiary/aromatic N) is 1. The predicted molar refractivity (Wildman–Crippen MR) is 125 cm³/mol. The summed E-state index contributed by atoms with van der Waals surface area (Å²) in [4.78, 5) is 16.9. The minimum absolute atomic E-state index is 0.0144. The van der Waals surface area contributed by atoms with E-state index in [0.717, 1.165) is 40.4 Å². The van der Waals surface area contributed by atoms with Crippen molar-refractivity contribution in [3.05, 3.63) is 90.0 Å². The van der Waals surface area contributed by atoms with Gasteiger partial charge < -0.3 is 5.11 Å². The Bertz CT molecular complexity index is 1210. The first kappa shape index (κ1) is 22.3. The van der Waals surface area contributed by atoms with Gasteiger partial charge >= 0.3 is 0 Å². The molecule has 0 aliphatic rings. The third-order valence-electron chi connectivity index (χ3n) is 5.15. The summed E-state index contributed by atoms with van der Waals surface area (Å²) >= 11 is 0. The minimum atomic E-state index is -1.43. The first-order chi connectivity index (χ1) is 14.8. The highest BCUT2D eigenvalue weighted by molar-refractivity contribution is 6.07. The van der Waals surface area contributed by atoms with Crippen LogP contribution in [0.4, 0.5) is 4.39 Å². The summed E-state index contributed by atoms with van der Waals surface area (Å²) in [6.07, 6.45) is 0. The summed E-state index contributed by atoms with van der Waals surface area (Å²) in [5.41, 5.74) is 4.19. The Morgan fingerprint density at radius 2 is 1.45 bits per heavy atom. The van der Waals surface area contributed by atoms with Crippen molar-refractivity contribution in [2.45, 2.75) is 26.4 Å². The summed E-state index contributed by atoms with van der Waals surface area (Å²) in [7, 11) is 1.00. The Morgan fingerprint density at radius 3 is 2.10 bits per heavy atom. The maximum absolute atomic E-state index is 14.6. The molecular formula is C27H26FNO2. The molecule has 4 heteroatoms. The molecule has 0 radical (unpaired) electrons. The fourth-order valence-corrected chi connectivity index (χ4v) is 3.69. The van der Waals surface area contributed by atoms with Crippen molar-refractivity contribution >= 4 is 16.7 Å². The van der Waals surface area contributed by atoms with Crippen molar-refractivity contribution < 1.29 is 14.3 Å². The van der Waals surface area contributed by atoms with E-state index >= 15 is 0 Å². The fourth-order valence-electron chi connectivity index (χ4n) is 3.69. The number of carbonyl (C=O) groups is 1. The first-order valence-corrected chi connectivity index (χ1v) is 10.1. The fraction of sp³-hybridized carbons (Fsp3) is 0.185.